The Morgan fingerprint density at radius 3 is 2.76 bits per heavy atom. The van der Waals surface area contributed by atoms with E-state index in [9.17, 15) is 9.59 Å². The zero-order chi connectivity index (χ0) is 14.8. The molecule has 0 fully saturated rings. The van der Waals surface area contributed by atoms with Crippen LogP contribution in [0.5, 0.6) is 0 Å². The number of pyridine rings is 1. The number of ketones is 1. The number of Topliss-reactive ketones (excluding diaryl/α,β-unsaturated/α-hetero) is 1. The highest BCUT2D eigenvalue weighted by molar-refractivity contribution is 6.06. The van der Waals surface area contributed by atoms with Crippen molar-refractivity contribution in [2.24, 2.45) is 0 Å². The third-order valence-electron chi connectivity index (χ3n) is 3.16. The summed E-state index contributed by atoms with van der Waals surface area (Å²) in [5.41, 5.74) is 3.11. The van der Waals surface area contributed by atoms with E-state index in [0.717, 1.165) is 11.0 Å². The van der Waals surface area contributed by atoms with Crippen LogP contribution in [0.2, 0.25) is 0 Å². The number of aromatic amines is 1. The lowest BCUT2D eigenvalue weighted by Gasteiger charge is -2.04. The fourth-order valence-electron chi connectivity index (χ4n) is 2.09. The van der Waals surface area contributed by atoms with Crippen LogP contribution in [0.25, 0.3) is 11.0 Å². The van der Waals surface area contributed by atoms with E-state index in [-0.39, 0.29) is 11.7 Å². The van der Waals surface area contributed by atoms with Gasteiger partial charge in [0.2, 0.25) is 0 Å². The number of anilines is 1. The zero-order valence-electron chi connectivity index (χ0n) is 11.4. The Morgan fingerprint density at radius 2 is 2.00 bits per heavy atom. The van der Waals surface area contributed by atoms with E-state index >= 15 is 0 Å². The molecule has 3 rings (SSSR count). The number of nitrogens with zero attached hydrogens (tertiary/aromatic N) is 1. The Kier molecular flexibility index (Phi) is 3.23. The number of benzene rings is 1. The highest BCUT2D eigenvalue weighted by Gasteiger charge is 2.10. The summed E-state index contributed by atoms with van der Waals surface area (Å²) >= 11 is 0. The fourth-order valence-corrected chi connectivity index (χ4v) is 2.09. The molecule has 0 atom stereocenters. The maximum atomic E-state index is 12.2. The van der Waals surface area contributed by atoms with Crippen LogP contribution in [0.15, 0.2) is 48.7 Å². The lowest BCUT2D eigenvalue weighted by atomic mass is 10.1. The molecule has 1 aromatic carbocycles. The quantitative estimate of drug-likeness (QED) is 0.724. The second-order valence-electron chi connectivity index (χ2n) is 4.71. The zero-order valence-corrected chi connectivity index (χ0v) is 11.4. The summed E-state index contributed by atoms with van der Waals surface area (Å²) in [6, 6.07) is 12.2. The minimum absolute atomic E-state index is 0.0408. The molecule has 0 spiro atoms. The van der Waals surface area contributed by atoms with Gasteiger partial charge in [0.15, 0.2) is 5.78 Å². The molecule has 3 aromatic rings. The van der Waals surface area contributed by atoms with Gasteiger partial charge in [-0.05, 0) is 37.3 Å². The standard InChI is InChI=1S/C16H13N3O2/c1-10(20)11-4-2-5-12(8-11)18-16(21)15-9-14-13(19-15)6-3-7-17-14/h2-9,19H,1H3,(H,18,21). The molecule has 5 nitrogen and oxygen atoms in total. The summed E-state index contributed by atoms with van der Waals surface area (Å²) in [6.07, 6.45) is 1.67. The number of carbonyl (C=O) groups excluding carboxylic acids is 2. The highest BCUT2D eigenvalue weighted by atomic mass is 16.2. The van der Waals surface area contributed by atoms with Crippen molar-refractivity contribution in [3.05, 3.63) is 59.9 Å². The van der Waals surface area contributed by atoms with Crippen molar-refractivity contribution in [3.63, 3.8) is 0 Å². The average Bonchev–Trinajstić information content (AvgIpc) is 2.91. The van der Waals surface area contributed by atoms with E-state index < -0.39 is 0 Å². The first-order chi connectivity index (χ1) is 10.1. The molecule has 0 unspecified atom stereocenters. The second kappa shape index (κ2) is 5.20. The monoisotopic (exact) mass is 279 g/mol. The maximum Gasteiger partial charge on any atom is 0.272 e. The largest absolute Gasteiger partial charge is 0.349 e. The van der Waals surface area contributed by atoms with Gasteiger partial charge in [-0.2, -0.15) is 0 Å². The minimum atomic E-state index is -0.270. The lowest BCUT2D eigenvalue weighted by Crippen LogP contribution is -2.12. The van der Waals surface area contributed by atoms with Gasteiger partial charge in [-0.1, -0.05) is 12.1 Å². The summed E-state index contributed by atoms with van der Waals surface area (Å²) in [4.78, 5) is 30.7. The number of hydrogen-bond acceptors (Lipinski definition) is 3. The van der Waals surface area contributed by atoms with Gasteiger partial charge in [0, 0.05) is 17.4 Å². The van der Waals surface area contributed by atoms with Gasteiger partial charge in [0.25, 0.3) is 5.91 Å². The maximum absolute atomic E-state index is 12.2. The number of amides is 1. The number of hydrogen-bond donors (Lipinski definition) is 2. The van der Waals surface area contributed by atoms with Crippen molar-refractivity contribution in [1.82, 2.24) is 9.97 Å². The lowest BCUT2D eigenvalue weighted by molar-refractivity contribution is 0.100. The van der Waals surface area contributed by atoms with E-state index in [2.05, 4.69) is 15.3 Å². The van der Waals surface area contributed by atoms with Crippen molar-refractivity contribution >= 4 is 28.4 Å². The molecule has 0 saturated heterocycles. The van der Waals surface area contributed by atoms with Gasteiger partial charge in [-0.3, -0.25) is 14.6 Å². The Bertz CT molecular complexity index is 803. The van der Waals surface area contributed by atoms with E-state index in [1.807, 2.05) is 6.07 Å². The number of fused-ring (bicyclic) bond motifs is 1. The molecular weight excluding hydrogens is 266 g/mol. The minimum Gasteiger partial charge on any atom is -0.349 e. The summed E-state index contributed by atoms with van der Waals surface area (Å²) in [5, 5.41) is 2.76. The van der Waals surface area contributed by atoms with E-state index in [1.54, 1.807) is 42.6 Å². The first-order valence-corrected chi connectivity index (χ1v) is 6.49. The molecule has 5 heteroatoms. The second-order valence-corrected chi connectivity index (χ2v) is 4.71. The smallest absolute Gasteiger partial charge is 0.272 e. The number of rotatable bonds is 3. The first kappa shape index (κ1) is 13.1. The van der Waals surface area contributed by atoms with Gasteiger partial charge in [0.1, 0.15) is 5.69 Å². The van der Waals surface area contributed by atoms with Gasteiger partial charge >= 0.3 is 0 Å². The molecule has 1 amide bonds. The molecule has 104 valence electrons. The molecule has 2 N–H and O–H groups in total. The molecule has 2 heterocycles. The van der Waals surface area contributed by atoms with Crippen LogP contribution in [0, 0.1) is 0 Å². The third kappa shape index (κ3) is 2.67. The van der Waals surface area contributed by atoms with Crippen LogP contribution in [0.1, 0.15) is 27.8 Å². The van der Waals surface area contributed by atoms with Crippen LogP contribution >= 0.6 is 0 Å². The summed E-state index contributed by atoms with van der Waals surface area (Å²) in [6.45, 7) is 1.49. The number of H-pyrrole nitrogens is 1. The van der Waals surface area contributed by atoms with Gasteiger partial charge in [-0.25, -0.2) is 0 Å². The fraction of sp³-hybridized carbons (Fsp3) is 0.0625. The number of carbonyl (C=O) groups is 2. The van der Waals surface area contributed by atoms with Crippen LogP contribution in [-0.2, 0) is 0 Å². The summed E-state index contributed by atoms with van der Waals surface area (Å²) in [5.74, 6) is -0.311. The molecule has 2 aromatic heterocycles. The van der Waals surface area contributed by atoms with Crippen LogP contribution < -0.4 is 5.32 Å². The molecule has 0 aliphatic heterocycles. The van der Waals surface area contributed by atoms with Crippen LogP contribution in [0.4, 0.5) is 5.69 Å². The Hall–Kier alpha value is -2.95. The van der Waals surface area contributed by atoms with Crippen LogP contribution in [0.3, 0.4) is 0 Å². The van der Waals surface area contributed by atoms with Crippen molar-refractivity contribution in [2.75, 3.05) is 5.32 Å². The van der Waals surface area contributed by atoms with Gasteiger partial charge < -0.3 is 10.3 Å². The van der Waals surface area contributed by atoms with Crippen molar-refractivity contribution in [2.45, 2.75) is 6.92 Å². The van der Waals surface area contributed by atoms with Gasteiger partial charge in [-0.15, -0.1) is 0 Å². The van der Waals surface area contributed by atoms with Crippen LogP contribution in [-0.4, -0.2) is 21.7 Å². The summed E-state index contributed by atoms with van der Waals surface area (Å²) in [7, 11) is 0. The Labute approximate surface area is 121 Å². The van der Waals surface area contributed by atoms with E-state index in [4.69, 9.17) is 0 Å². The van der Waals surface area contributed by atoms with Crippen molar-refractivity contribution in [3.8, 4) is 0 Å². The predicted molar refractivity (Wildman–Crippen MR) is 80.5 cm³/mol. The molecule has 0 aliphatic rings. The van der Waals surface area contributed by atoms with E-state index in [0.29, 0.717) is 16.9 Å². The number of nitrogens with one attached hydrogen (secondary N) is 2. The molecule has 0 saturated carbocycles. The first-order valence-electron chi connectivity index (χ1n) is 6.49. The normalized spacial score (nSPS) is 10.5. The Balaban J connectivity index is 1.85. The topological polar surface area (TPSA) is 74.8 Å². The highest BCUT2D eigenvalue weighted by Crippen LogP contribution is 2.15. The molecule has 0 radical (unpaired) electrons. The predicted octanol–water partition coefficient (Wildman–Crippen LogP) is 3.02. The Morgan fingerprint density at radius 1 is 1.14 bits per heavy atom. The number of aromatic nitrogens is 2. The molecule has 0 aliphatic carbocycles. The summed E-state index contributed by atoms with van der Waals surface area (Å²) < 4.78 is 0. The van der Waals surface area contributed by atoms with E-state index in [1.165, 1.54) is 6.92 Å². The van der Waals surface area contributed by atoms with Crippen molar-refractivity contribution < 1.29 is 9.59 Å². The molecule has 0 bridgehead atoms. The van der Waals surface area contributed by atoms with Gasteiger partial charge in [0.05, 0.1) is 11.0 Å². The van der Waals surface area contributed by atoms with Crippen molar-refractivity contribution in [1.29, 1.82) is 0 Å². The third-order valence-corrected chi connectivity index (χ3v) is 3.16. The molecule has 21 heavy (non-hydrogen) atoms. The average molecular weight is 279 g/mol. The molecular formula is C16H13N3O2. The SMILES string of the molecule is CC(=O)c1cccc(NC(=O)c2cc3ncccc3[nH]2)c1.